The van der Waals surface area contributed by atoms with Gasteiger partial charge in [-0.1, -0.05) is 17.4 Å². The Morgan fingerprint density at radius 1 is 1.36 bits per heavy atom. The van der Waals surface area contributed by atoms with Crippen LogP contribution in [0, 0.1) is 0 Å². The van der Waals surface area contributed by atoms with Crippen LogP contribution in [-0.4, -0.2) is 24.7 Å². The summed E-state index contributed by atoms with van der Waals surface area (Å²) >= 11 is 2.95. The van der Waals surface area contributed by atoms with Crippen molar-refractivity contribution in [2.24, 2.45) is 0 Å². The number of nitrogens with zero attached hydrogens (tertiary/aromatic N) is 1. The summed E-state index contributed by atoms with van der Waals surface area (Å²) in [4.78, 5) is 16.4. The number of ether oxygens (including phenoxy) is 2. The van der Waals surface area contributed by atoms with E-state index in [-0.39, 0.29) is 5.97 Å². The smallest absolute Gasteiger partial charge is 0.341 e. The highest BCUT2D eigenvalue weighted by Crippen LogP contribution is 2.35. The molecule has 7 heteroatoms. The van der Waals surface area contributed by atoms with Gasteiger partial charge in [0.1, 0.15) is 16.3 Å². The molecule has 0 aliphatic carbocycles. The summed E-state index contributed by atoms with van der Waals surface area (Å²) in [6.07, 6.45) is 0. The molecule has 0 fully saturated rings. The molecule has 0 unspecified atom stereocenters. The second-order valence-corrected chi connectivity index (χ2v) is 6.28. The van der Waals surface area contributed by atoms with E-state index in [1.54, 1.807) is 20.1 Å². The fraction of sp³-hybridized carbons (Fsp3) is 0.200. The Morgan fingerprint density at radius 2 is 2.23 bits per heavy atom. The molecular formula is C15H14N2O3S2. The van der Waals surface area contributed by atoms with Crippen molar-refractivity contribution in [2.75, 3.05) is 19.0 Å². The summed E-state index contributed by atoms with van der Waals surface area (Å²) in [5.74, 6) is 0.406. The van der Waals surface area contributed by atoms with E-state index in [0.29, 0.717) is 17.3 Å². The number of thiazole rings is 1. The average molecular weight is 334 g/mol. The van der Waals surface area contributed by atoms with Gasteiger partial charge in [0.2, 0.25) is 0 Å². The topological polar surface area (TPSA) is 60.5 Å². The van der Waals surface area contributed by atoms with Gasteiger partial charge < -0.3 is 14.8 Å². The first kappa shape index (κ1) is 14.8. The lowest BCUT2D eigenvalue weighted by molar-refractivity contribution is 0.0528. The number of esters is 1. The molecule has 1 N–H and O–H groups in total. The minimum Gasteiger partial charge on any atom is -0.494 e. The Bertz CT molecular complexity index is 810. The number of para-hydroxylation sites is 1. The number of anilines is 2. The molecule has 0 aliphatic heterocycles. The van der Waals surface area contributed by atoms with Crippen LogP contribution in [0.1, 0.15) is 17.3 Å². The largest absolute Gasteiger partial charge is 0.494 e. The van der Waals surface area contributed by atoms with E-state index in [9.17, 15) is 4.79 Å². The van der Waals surface area contributed by atoms with Crippen LogP contribution in [0.5, 0.6) is 5.75 Å². The molecule has 22 heavy (non-hydrogen) atoms. The van der Waals surface area contributed by atoms with Crippen LogP contribution in [0.2, 0.25) is 0 Å². The molecule has 3 rings (SSSR count). The SMILES string of the molecule is CCOC(=O)c1ccsc1Nc1nc2c(OC)cccc2s1. The number of aromatic nitrogens is 1. The maximum absolute atomic E-state index is 11.9. The minimum atomic E-state index is -0.329. The normalized spacial score (nSPS) is 10.6. The number of thiophene rings is 1. The molecule has 0 bridgehead atoms. The number of benzene rings is 1. The molecule has 2 aromatic heterocycles. The Kier molecular flexibility index (Phi) is 4.26. The number of hydrogen-bond acceptors (Lipinski definition) is 7. The number of fused-ring (bicyclic) bond motifs is 1. The Morgan fingerprint density at radius 3 is 3.00 bits per heavy atom. The van der Waals surface area contributed by atoms with E-state index < -0.39 is 0 Å². The zero-order chi connectivity index (χ0) is 15.5. The Balaban J connectivity index is 1.91. The zero-order valence-corrected chi connectivity index (χ0v) is 13.7. The third-order valence-electron chi connectivity index (χ3n) is 2.98. The molecule has 0 atom stereocenters. The third-order valence-corrected chi connectivity index (χ3v) is 4.75. The lowest BCUT2D eigenvalue weighted by Crippen LogP contribution is -2.05. The lowest BCUT2D eigenvalue weighted by Gasteiger charge is -2.03. The fourth-order valence-corrected chi connectivity index (χ4v) is 3.74. The van der Waals surface area contributed by atoms with E-state index in [2.05, 4.69) is 10.3 Å². The van der Waals surface area contributed by atoms with Crippen molar-refractivity contribution in [2.45, 2.75) is 6.92 Å². The molecule has 2 heterocycles. The molecule has 0 saturated carbocycles. The van der Waals surface area contributed by atoms with Crippen LogP contribution >= 0.6 is 22.7 Å². The van der Waals surface area contributed by atoms with Crippen molar-refractivity contribution in [1.82, 2.24) is 4.98 Å². The van der Waals surface area contributed by atoms with Gasteiger partial charge in [-0.2, -0.15) is 0 Å². The second-order valence-electron chi connectivity index (χ2n) is 4.33. The quantitative estimate of drug-likeness (QED) is 0.705. The van der Waals surface area contributed by atoms with Gasteiger partial charge in [0, 0.05) is 0 Å². The van der Waals surface area contributed by atoms with Crippen molar-refractivity contribution in [3.05, 3.63) is 35.2 Å². The molecule has 3 aromatic rings. The summed E-state index contributed by atoms with van der Waals surface area (Å²) in [5.41, 5.74) is 1.34. The van der Waals surface area contributed by atoms with E-state index >= 15 is 0 Å². The van der Waals surface area contributed by atoms with Gasteiger partial charge in [0.25, 0.3) is 0 Å². The van der Waals surface area contributed by atoms with Crippen LogP contribution in [0.4, 0.5) is 10.1 Å². The first-order valence-electron chi connectivity index (χ1n) is 6.68. The van der Waals surface area contributed by atoms with Crippen molar-refractivity contribution in [1.29, 1.82) is 0 Å². The van der Waals surface area contributed by atoms with Crippen molar-refractivity contribution in [3.63, 3.8) is 0 Å². The van der Waals surface area contributed by atoms with E-state index in [1.807, 2.05) is 23.6 Å². The predicted molar refractivity (Wildman–Crippen MR) is 89.7 cm³/mol. The van der Waals surface area contributed by atoms with Crippen molar-refractivity contribution < 1.29 is 14.3 Å². The number of carbonyl (C=O) groups excluding carboxylic acids is 1. The van der Waals surface area contributed by atoms with Crippen LogP contribution in [0.25, 0.3) is 10.2 Å². The van der Waals surface area contributed by atoms with Crippen LogP contribution in [0.3, 0.4) is 0 Å². The fourth-order valence-electron chi connectivity index (χ4n) is 2.01. The van der Waals surface area contributed by atoms with Gasteiger partial charge in [0.05, 0.1) is 24.0 Å². The Labute approximate surface area is 135 Å². The number of nitrogens with one attached hydrogen (secondary N) is 1. The monoisotopic (exact) mass is 334 g/mol. The van der Waals surface area contributed by atoms with Gasteiger partial charge in [0.15, 0.2) is 5.13 Å². The summed E-state index contributed by atoms with van der Waals surface area (Å²) in [5, 5.41) is 6.50. The lowest BCUT2D eigenvalue weighted by atomic mass is 10.3. The molecule has 5 nitrogen and oxygen atoms in total. The van der Waals surface area contributed by atoms with Gasteiger partial charge in [-0.25, -0.2) is 9.78 Å². The molecule has 0 radical (unpaired) electrons. The second kappa shape index (κ2) is 6.33. The molecule has 0 amide bonds. The maximum Gasteiger partial charge on any atom is 0.341 e. The van der Waals surface area contributed by atoms with Gasteiger partial charge in [-0.05, 0) is 30.5 Å². The highest BCUT2D eigenvalue weighted by atomic mass is 32.1. The number of rotatable bonds is 5. The summed E-state index contributed by atoms with van der Waals surface area (Å²) in [6, 6.07) is 7.54. The van der Waals surface area contributed by atoms with Crippen molar-refractivity contribution in [3.8, 4) is 5.75 Å². The van der Waals surface area contributed by atoms with E-state index in [0.717, 1.165) is 21.0 Å². The predicted octanol–water partition coefficient (Wildman–Crippen LogP) is 4.29. The van der Waals surface area contributed by atoms with Crippen LogP contribution in [0.15, 0.2) is 29.6 Å². The van der Waals surface area contributed by atoms with Gasteiger partial charge >= 0.3 is 5.97 Å². The first-order chi connectivity index (χ1) is 10.7. The number of carbonyl (C=O) groups is 1. The molecule has 0 aliphatic rings. The first-order valence-corrected chi connectivity index (χ1v) is 8.37. The third kappa shape index (κ3) is 2.77. The van der Waals surface area contributed by atoms with Crippen molar-refractivity contribution >= 4 is 49.0 Å². The van der Waals surface area contributed by atoms with E-state index in [4.69, 9.17) is 9.47 Å². The van der Waals surface area contributed by atoms with E-state index in [1.165, 1.54) is 22.7 Å². The molecule has 1 aromatic carbocycles. The van der Waals surface area contributed by atoms with Crippen LogP contribution < -0.4 is 10.1 Å². The summed E-state index contributed by atoms with van der Waals surface area (Å²) in [7, 11) is 1.62. The molecule has 0 spiro atoms. The number of methoxy groups -OCH3 is 1. The van der Waals surface area contributed by atoms with Crippen LogP contribution in [-0.2, 0) is 4.74 Å². The standard InChI is InChI=1S/C15H14N2O3S2/c1-3-20-14(18)9-7-8-21-13(9)17-15-16-12-10(19-2)5-4-6-11(12)22-15/h4-8H,3H2,1-2H3,(H,16,17). The maximum atomic E-state index is 11.9. The molecule has 114 valence electrons. The average Bonchev–Trinajstić information content (AvgIpc) is 3.13. The molecular weight excluding hydrogens is 320 g/mol. The van der Waals surface area contributed by atoms with Gasteiger partial charge in [-0.15, -0.1) is 11.3 Å². The molecule has 0 saturated heterocycles. The minimum absolute atomic E-state index is 0.329. The summed E-state index contributed by atoms with van der Waals surface area (Å²) < 4.78 is 11.4. The Hall–Kier alpha value is -2.12. The highest BCUT2D eigenvalue weighted by Gasteiger charge is 2.16. The zero-order valence-electron chi connectivity index (χ0n) is 12.1. The number of hydrogen-bond donors (Lipinski definition) is 1. The highest BCUT2D eigenvalue weighted by molar-refractivity contribution is 7.22. The summed E-state index contributed by atoms with van der Waals surface area (Å²) in [6.45, 7) is 2.14. The van der Waals surface area contributed by atoms with Gasteiger partial charge in [-0.3, -0.25) is 0 Å².